The SMILES string of the molecule is COC(CN)CC(=O)N1CCSC2(CCCCC2)C1.Cl. The van der Waals surface area contributed by atoms with Crippen molar-refractivity contribution in [1.29, 1.82) is 0 Å². The second kappa shape index (κ2) is 8.47. The number of nitrogens with zero attached hydrogens (tertiary/aromatic N) is 1. The van der Waals surface area contributed by atoms with E-state index in [-0.39, 0.29) is 24.4 Å². The third-order valence-electron chi connectivity index (χ3n) is 4.36. The Hall–Kier alpha value is 0.0300. The van der Waals surface area contributed by atoms with Gasteiger partial charge in [-0.05, 0) is 12.8 Å². The largest absolute Gasteiger partial charge is 0.380 e. The zero-order valence-corrected chi connectivity index (χ0v) is 13.9. The maximum Gasteiger partial charge on any atom is 0.225 e. The lowest BCUT2D eigenvalue weighted by Gasteiger charge is -2.44. The number of nitrogens with two attached hydrogens (primary N) is 1. The van der Waals surface area contributed by atoms with Crippen molar-refractivity contribution in [2.45, 2.75) is 49.4 Å². The standard InChI is InChI=1S/C14H26N2O2S.ClH/c1-18-12(10-15)9-13(17)16-7-8-19-14(11-16)5-3-2-4-6-14;/h12H,2-11,15H2,1H3;1H. The molecule has 4 nitrogen and oxygen atoms in total. The molecule has 2 fully saturated rings. The molecule has 1 heterocycles. The molecule has 0 aromatic heterocycles. The molecule has 6 heteroatoms. The highest BCUT2D eigenvalue weighted by Crippen LogP contribution is 2.42. The number of hydrogen-bond acceptors (Lipinski definition) is 4. The molecule has 20 heavy (non-hydrogen) atoms. The third-order valence-corrected chi connectivity index (χ3v) is 5.90. The molecule has 118 valence electrons. The minimum absolute atomic E-state index is 0. The molecule has 1 amide bonds. The van der Waals surface area contributed by atoms with Gasteiger partial charge < -0.3 is 15.4 Å². The maximum atomic E-state index is 12.3. The summed E-state index contributed by atoms with van der Waals surface area (Å²) in [5.74, 6) is 1.29. The van der Waals surface area contributed by atoms with Crippen molar-refractivity contribution in [1.82, 2.24) is 4.90 Å². The van der Waals surface area contributed by atoms with Crippen LogP contribution in [0.1, 0.15) is 38.5 Å². The molecule has 1 saturated carbocycles. The first-order valence-electron chi connectivity index (χ1n) is 7.34. The first-order valence-corrected chi connectivity index (χ1v) is 8.32. The van der Waals surface area contributed by atoms with E-state index in [9.17, 15) is 4.79 Å². The number of carbonyl (C=O) groups is 1. The van der Waals surface area contributed by atoms with Gasteiger partial charge in [-0.2, -0.15) is 11.8 Å². The second-order valence-corrected chi connectivity index (χ2v) is 7.27. The molecule has 0 bridgehead atoms. The number of methoxy groups -OCH3 is 1. The summed E-state index contributed by atoms with van der Waals surface area (Å²) in [5.41, 5.74) is 5.60. The summed E-state index contributed by atoms with van der Waals surface area (Å²) in [6.45, 7) is 2.22. The predicted octanol–water partition coefficient (Wildman–Crippen LogP) is 2.05. The summed E-state index contributed by atoms with van der Waals surface area (Å²) < 4.78 is 5.56. The summed E-state index contributed by atoms with van der Waals surface area (Å²) in [7, 11) is 1.62. The Bertz CT molecular complexity index is 302. The fourth-order valence-corrected chi connectivity index (χ4v) is 4.71. The molecule has 2 N–H and O–H groups in total. The maximum absolute atomic E-state index is 12.3. The van der Waals surface area contributed by atoms with E-state index in [2.05, 4.69) is 11.8 Å². The Kier molecular flexibility index (Phi) is 7.65. The van der Waals surface area contributed by atoms with Gasteiger partial charge in [0.05, 0.1) is 12.5 Å². The second-order valence-electron chi connectivity index (χ2n) is 5.70. The number of amides is 1. The predicted molar refractivity (Wildman–Crippen MR) is 86.6 cm³/mol. The third kappa shape index (κ3) is 4.52. The number of halogens is 1. The molecular formula is C14H27ClN2O2S. The highest BCUT2D eigenvalue weighted by Gasteiger charge is 2.38. The van der Waals surface area contributed by atoms with Gasteiger partial charge in [0.15, 0.2) is 0 Å². The van der Waals surface area contributed by atoms with Crippen LogP contribution < -0.4 is 5.73 Å². The van der Waals surface area contributed by atoms with Crippen molar-refractivity contribution < 1.29 is 9.53 Å². The first kappa shape index (κ1) is 18.1. The van der Waals surface area contributed by atoms with Gasteiger partial charge in [-0.3, -0.25) is 4.79 Å². The molecule has 1 aliphatic carbocycles. The molecule has 1 unspecified atom stereocenters. The van der Waals surface area contributed by atoms with Gasteiger partial charge in [-0.1, -0.05) is 19.3 Å². The molecule has 2 aliphatic rings. The summed E-state index contributed by atoms with van der Waals surface area (Å²) >= 11 is 2.09. The zero-order chi connectivity index (χ0) is 13.7. The highest BCUT2D eigenvalue weighted by molar-refractivity contribution is 8.00. The molecule has 1 saturated heterocycles. The van der Waals surface area contributed by atoms with E-state index >= 15 is 0 Å². The first-order chi connectivity index (χ1) is 9.19. The lowest BCUT2D eigenvalue weighted by Crippen LogP contribution is -2.50. The van der Waals surface area contributed by atoms with E-state index in [0.717, 1.165) is 18.8 Å². The van der Waals surface area contributed by atoms with Crippen molar-refractivity contribution in [3.63, 3.8) is 0 Å². The van der Waals surface area contributed by atoms with Gasteiger partial charge in [-0.25, -0.2) is 0 Å². The van der Waals surface area contributed by atoms with Crippen LogP contribution >= 0.6 is 24.2 Å². The van der Waals surface area contributed by atoms with E-state index < -0.39 is 0 Å². The van der Waals surface area contributed by atoms with Crippen molar-refractivity contribution in [2.75, 3.05) is 32.5 Å². The highest BCUT2D eigenvalue weighted by atomic mass is 35.5. The minimum Gasteiger partial charge on any atom is -0.380 e. The van der Waals surface area contributed by atoms with Crippen LogP contribution in [-0.2, 0) is 9.53 Å². The van der Waals surface area contributed by atoms with Gasteiger partial charge in [0.25, 0.3) is 0 Å². The molecule has 1 aliphatic heterocycles. The van der Waals surface area contributed by atoms with E-state index in [1.807, 2.05) is 4.90 Å². The fourth-order valence-electron chi connectivity index (χ4n) is 3.14. The van der Waals surface area contributed by atoms with E-state index in [0.29, 0.717) is 17.7 Å². The normalized spacial score (nSPS) is 23.2. The van der Waals surface area contributed by atoms with Gasteiger partial charge in [0.2, 0.25) is 5.91 Å². The lowest BCUT2D eigenvalue weighted by molar-refractivity contribution is -0.134. The Morgan fingerprint density at radius 3 is 2.70 bits per heavy atom. The minimum atomic E-state index is -0.135. The molecular weight excluding hydrogens is 296 g/mol. The Labute approximate surface area is 132 Å². The zero-order valence-electron chi connectivity index (χ0n) is 12.3. The van der Waals surface area contributed by atoms with Crippen molar-refractivity contribution in [3.05, 3.63) is 0 Å². The van der Waals surface area contributed by atoms with Crippen molar-refractivity contribution in [2.24, 2.45) is 5.73 Å². The Balaban J connectivity index is 0.00000200. The van der Waals surface area contributed by atoms with Crippen LogP contribution in [-0.4, -0.2) is 54.2 Å². The molecule has 1 atom stereocenters. The number of ether oxygens (including phenoxy) is 1. The lowest BCUT2D eigenvalue weighted by atomic mass is 9.87. The monoisotopic (exact) mass is 322 g/mol. The van der Waals surface area contributed by atoms with Crippen LogP contribution in [0.2, 0.25) is 0 Å². The molecule has 0 radical (unpaired) electrons. The Morgan fingerprint density at radius 1 is 1.40 bits per heavy atom. The quantitative estimate of drug-likeness (QED) is 0.860. The average molecular weight is 323 g/mol. The molecule has 0 aromatic carbocycles. The summed E-state index contributed by atoms with van der Waals surface area (Å²) in [4.78, 5) is 14.4. The van der Waals surface area contributed by atoms with E-state index in [1.165, 1.54) is 32.1 Å². The molecule has 0 aromatic rings. The van der Waals surface area contributed by atoms with Crippen LogP contribution in [0, 0.1) is 0 Å². The number of thioether (sulfide) groups is 1. The molecule has 1 spiro atoms. The van der Waals surface area contributed by atoms with Gasteiger partial charge in [0.1, 0.15) is 0 Å². The van der Waals surface area contributed by atoms with Crippen LogP contribution in [0.4, 0.5) is 0 Å². The fraction of sp³-hybridized carbons (Fsp3) is 0.929. The average Bonchev–Trinajstić information content (AvgIpc) is 2.45. The van der Waals surface area contributed by atoms with Crippen LogP contribution in [0.25, 0.3) is 0 Å². The molecule has 2 rings (SSSR count). The van der Waals surface area contributed by atoms with Crippen LogP contribution in [0.15, 0.2) is 0 Å². The van der Waals surface area contributed by atoms with Crippen molar-refractivity contribution >= 4 is 30.1 Å². The Morgan fingerprint density at radius 2 is 2.10 bits per heavy atom. The smallest absolute Gasteiger partial charge is 0.225 e. The number of rotatable bonds is 4. The summed E-state index contributed by atoms with van der Waals surface area (Å²) in [6.07, 6.45) is 6.82. The number of hydrogen-bond donors (Lipinski definition) is 1. The van der Waals surface area contributed by atoms with E-state index in [4.69, 9.17) is 10.5 Å². The van der Waals surface area contributed by atoms with E-state index in [1.54, 1.807) is 7.11 Å². The summed E-state index contributed by atoms with van der Waals surface area (Å²) in [5, 5.41) is 0. The van der Waals surface area contributed by atoms with Crippen molar-refractivity contribution in [3.8, 4) is 0 Å². The topological polar surface area (TPSA) is 55.6 Å². The van der Waals surface area contributed by atoms with Gasteiger partial charge in [-0.15, -0.1) is 12.4 Å². The number of carbonyl (C=O) groups excluding carboxylic acids is 1. The van der Waals surface area contributed by atoms with Gasteiger partial charge in [0, 0.05) is 37.2 Å². The van der Waals surface area contributed by atoms with Gasteiger partial charge >= 0.3 is 0 Å². The van der Waals surface area contributed by atoms with Crippen LogP contribution in [0.5, 0.6) is 0 Å². The summed E-state index contributed by atoms with van der Waals surface area (Å²) in [6, 6.07) is 0. The van der Waals surface area contributed by atoms with Crippen LogP contribution in [0.3, 0.4) is 0 Å².